The lowest BCUT2D eigenvalue weighted by molar-refractivity contribution is 0.426. The van der Waals surface area contributed by atoms with E-state index in [4.69, 9.17) is 4.43 Å². The van der Waals surface area contributed by atoms with Crippen LogP contribution in [-0.4, -0.2) is 8.32 Å². The Morgan fingerprint density at radius 2 is 1.76 bits per heavy atom. The van der Waals surface area contributed by atoms with Crippen molar-refractivity contribution in [1.82, 2.24) is 0 Å². The SMILES string of the molecule is Cc1cc2c(cc1O[Si](C)(C)C(C)(C)C)C(C)(C)CCC2. The van der Waals surface area contributed by atoms with Crippen molar-refractivity contribution in [2.45, 2.75) is 84.4 Å². The molecule has 2 rings (SSSR count). The number of fused-ring (bicyclic) bond motifs is 1. The summed E-state index contributed by atoms with van der Waals surface area (Å²) in [7, 11) is -1.77. The van der Waals surface area contributed by atoms with Gasteiger partial charge in [0, 0.05) is 0 Å². The van der Waals surface area contributed by atoms with Crippen molar-refractivity contribution in [3.8, 4) is 5.75 Å². The highest BCUT2D eigenvalue weighted by Crippen LogP contribution is 2.42. The highest BCUT2D eigenvalue weighted by Gasteiger charge is 2.39. The molecule has 2 heteroatoms. The van der Waals surface area contributed by atoms with Crippen molar-refractivity contribution in [3.63, 3.8) is 0 Å². The van der Waals surface area contributed by atoms with E-state index in [0.717, 1.165) is 5.75 Å². The summed E-state index contributed by atoms with van der Waals surface area (Å²) in [6.45, 7) is 18.5. The predicted octanol–water partition coefficient (Wildman–Crippen LogP) is 5.99. The lowest BCUT2D eigenvalue weighted by Gasteiger charge is -2.38. The number of hydrogen-bond donors (Lipinski definition) is 0. The van der Waals surface area contributed by atoms with E-state index in [9.17, 15) is 0 Å². The van der Waals surface area contributed by atoms with Crippen LogP contribution in [0.25, 0.3) is 0 Å². The Balaban J connectivity index is 2.43. The van der Waals surface area contributed by atoms with E-state index in [1.54, 1.807) is 0 Å². The molecule has 0 amide bonds. The molecule has 0 N–H and O–H groups in total. The van der Waals surface area contributed by atoms with Crippen LogP contribution in [0.1, 0.15) is 64.2 Å². The molecular formula is C19H32OSi. The predicted molar refractivity (Wildman–Crippen MR) is 95.0 cm³/mol. The highest BCUT2D eigenvalue weighted by atomic mass is 28.4. The Hall–Kier alpha value is -0.763. The second-order valence-electron chi connectivity index (χ2n) is 8.87. The summed E-state index contributed by atoms with van der Waals surface area (Å²) in [5.41, 5.74) is 4.63. The molecule has 0 aliphatic heterocycles. The van der Waals surface area contributed by atoms with Gasteiger partial charge in [-0.25, -0.2) is 0 Å². The summed E-state index contributed by atoms with van der Waals surface area (Å²) in [5, 5.41) is 0.241. The van der Waals surface area contributed by atoms with E-state index in [0.29, 0.717) is 0 Å². The maximum atomic E-state index is 6.60. The first-order valence-corrected chi connectivity index (χ1v) is 11.2. The minimum Gasteiger partial charge on any atom is -0.543 e. The Morgan fingerprint density at radius 1 is 1.14 bits per heavy atom. The Labute approximate surface area is 132 Å². The Morgan fingerprint density at radius 3 is 2.33 bits per heavy atom. The van der Waals surface area contributed by atoms with Crippen LogP contribution in [0.5, 0.6) is 5.75 Å². The van der Waals surface area contributed by atoms with Gasteiger partial charge in [0.1, 0.15) is 5.75 Å². The Kier molecular flexibility index (Phi) is 4.07. The molecule has 0 spiro atoms. The van der Waals surface area contributed by atoms with Crippen LogP contribution in [0.3, 0.4) is 0 Å². The van der Waals surface area contributed by atoms with Gasteiger partial charge in [-0.15, -0.1) is 0 Å². The van der Waals surface area contributed by atoms with Crippen molar-refractivity contribution in [3.05, 3.63) is 28.8 Å². The molecule has 0 fully saturated rings. The first-order chi connectivity index (χ1) is 9.44. The van der Waals surface area contributed by atoms with Gasteiger partial charge in [-0.3, -0.25) is 0 Å². The molecule has 118 valence electrons. The topological polar surface area (TPSA) is 9.23 Å². The summed E-state index contributed by atoms with van der Waals surface area (Å²) < 4.78 is 6.60. The number of aryl methyl sites for hydroxylation is 2. The van der Waals surface area contributed by atoms with Crippen molar-refractivity contribution in [1.29, 1.82) is 0 Å². The van der Waals surface area contributed by atoms with Crippen LogP contribution >= 0.6 is 0 Å². The molecule has 0 bridgehead atoms. The maximum absolute atomic E-state index is 6.60. The van der Waals surface area contributed by atoms with Gasteiger partial charge in [-0.1, -0.05) is 40.7 Å². The standard InChI is InChI=1S/C19H32OSi/c1-14-12-15-10-9-11-19(5,6)16(15)13-17(14)20-21(7,8)18(2,3)4/h12-13H,9-11H2,1-8H3. The van der Waals surface area contributed by atoms with Crippen LogP contribution in [0, 0.1) is 6.92 Å². The third-order valence-electron chi connectivity index (χ3n) is 5.55. The quantitative estimate of drug-likeness (QED) is 0.609. The van der Waals surface area contributed by atoms with Gasteiger partial charge >= 0.3 is 0 Å². The van der Waals surface area contributed by atoms with Gasteiger partial charge in [0.15, 0.2) is 0 Å². The van der Waals surface area contributed by atoms with E-state index < -0.39 is 8.32 Å². The van der Waals surface area contributed by atoms with E-state index >= 15 is 0 Å². The lowest BCUT2D eigenvalue weighted by Crippen LogP contribution is -2.44. The fourth-order valence-corrected chi connectivity index (χ4v) is 4.05. The highest BCUT2D eigenvalue weighted by molar-refractivity contribution is 6.74. The second-order valence-corrected chi connectivity index (χ2v) is 13.6. The first kappa shape index (κ1) is 16.6. The average molecular weight is 305 g/mol. The van der Waals surface area contributed by atoms with Crippen LogP contribution in [0.15, 0.2) is 12.1 Å². The van der Waals surface area contributed by atoms with Crippen molar-refractivity contribution in [2.24, 2.45) is 0 Å². The molecule has 0 atom stereocenters. The molecule has 1 nitrogen and oxygen atoms in total. The van der Waals surface area contributed by atoms with Gasteiger partial charge in [0.25, 0.3) is 0 Å². The van der Waals surface area contributed by atoms with Crippen molar-refractivity contribution in [2.75, 3.05) is 0 Å². The van der Waals surface area contributed by atoms with E-state index in [2.05, 4.69) is 66.8 Å². The monoisotopic (exact) mass is 304 g/mol. The van der Waals surface area contributed by atoms with E-state index in [-0.39, 0.29) is 10.5 Å². The molecule has 1 aromatic carbocycles. The molecule has 21 heavy (non-hydrogen) atoms. The van der Waals surface area contributed by atoms with Crippen LogP contribution in [0.4, 0.5) is 0 Å². The van der Waals surface area contributed by atoms with Gasteiger partial charge in [0.05, 0.1) is 0 Å². The zero-order valence-corrected chi connectivity index (χ0v) is 16.2. The fraction of sp³-hybridized carbons (Fsp3) is 0.684. The van der Waals surface area contributed by atoms with Crippen molar-refractivity contribution >= 4 is 8.32 Å². The smallest absolute Gasteiger partial charge is 0.250 e. The number of benzene rings is 1. The first-order valence-electron chi connectivity index (χ1n) is 8.27. The van der Waals surface area contributed by atoms with Crippen LogP contribution in [0.2, 0.25) is 18.1 Å². The Bertz CT molecular complexity index is 535. The zero-order chi connectivity index (χ0) is 16.1. The molecule has 0 saturated carbocycles. The van der Waals surface area contributed by atoms with E-state index in [1.165, 1.54) is 36.0 Å². The van der Waals surface area contributed by atoms with Gasteiger partial charge < -0.3 is 4.43 Å². The zero-order valence-electron chi connectivity index (χ0n) is 15.2. The summed E-state index contributed by atoms with van der Waals surface area (Å²) in [4.78, 5) is 0. The number of rotatable bonds is 2. The molecule has 1 aromatic rings. The minimum absolute atomic E-state index is 0.241. The van der Waals surface area contributed by atoms with Gasteiger partial charge in [0.2, 0.25) is 8.32 Å². The normalized spacial score (nSPS) is 18.3. The molecular weight excluding hydrogens is 272 g/mol. The molecule has 0 aromatic heterocycles. The summed E-state index contributed by atoms with van der Waals surface area (Å²) in [5.74, 6) is 1.12. The molecule has 1 aliphatic carbocycles. The van der Waals surface area contributed by atoms with Crippen molar-refractivity contribution < 1.29 is 4.43 Å². The number of hydrogen-bond acceptors (Lipinski definition) is 1. The van der Waals surface area contributed by atoms with Gasteiger partial charge in [-0.05, 0) is 72.5 Å². The summed E-state index contributed by atoms with van der Waals surface area (Å²) in [6, 6.07) is 4.73. The van der Waals surface area contributed by atoms with Crippen LogP contribution < -0.4 is 4.43 Å². The summed E-state index contributed by atoms with van der Waals surface area (Å²) in [6.07, 6.45) is 3.81. The molecule has 0 saturated heterocycles. The second kappa shape index (κ2) is 5.15. The maximum Gasteiger partial charge on any atom is 0.250 e. The molecule has 1 aliphatic rings. The minimum atomic E-state index is -1.77. The third-order valence-corrected chi connectivity index (χ3v) is 9.89. The molecule has 0 radical (unpaired) electrons. The molecule has 0 heterocycles. The summed E-state index contributed by atoms with van der Waals surface area (Å²) >= 11 is 0. The van der Waals surface area contributed by atoms with E-state index in [1.807, 2.05) is 0 Å². The van der Waals surface area contributed by atoms with Crippen LogP contribution in [-0.2, 0) is 11.8 Å². The third kappa shape index (κ3) is 3.20. The fourth-order valence-electron chi connectivity index (χ4n) is 2.98. The average Bonchev–Trinajstić information content (AvgIpc) is 2.29. The largest absolute Gasteiger partial charge is 0.543 e. The van der Waals surface area contributed by atoms with Gasteiger partial charge in [-0.2, -0.15) is 0 Å². The lowest BCUT2D eigenvalue weighted by atomic mass is 9.72. The molecule has 0 unspecified atom stereocenters.